The van der Waals surface area contributed by atoms with Crippen LogP contribution in [0.5, 0.6) is 0 Å². The van der Waals surface area contributed by atoms with E-state index in [-0.39, 0.29) is 41.3 Å². The molecule has 1 fully saturated rings. The van der Waals surface area contributed by atoms with Crippen molar-refractivity contribution < 1.29 is 14.3 Å². The van der Waals surface area contributed by atoms with Crippen LogP contribution in [0.2, 0.25) is 0 Å². The van der Waals surface area contributed by atoms with E-state index in [0.717, 1.165) is 45.1 Å². The second-order valence-electron chi connectivity index (χ2n) is 6.57. The van der Waals surface area contributed by atoms with E-state index in [0.29, 0.717) is 18.9 Å². The molecule has 0 aliphatic heterocycles. The normalized spacial score (nSPS) is 15.9. The Labute approximate surface area is 168 Å². The molecule has 0 radical (unpaired) electrons. The summed E-state index contributed by atoms with van der Waals surface area (Å²) in [4.78, 5) is 29.5. The molecule has 146 valence electrons. The Balaban J connectivity index is 0.00000576. The van der Waals surface area contributed by atoms with E-state index in [4.69, 9.17) is 0 Å². The molecule has 0 heterocycles. The first-order valence-electron chi connectivity index (χ1n) is 8.68. The molecule has 1 rings (SSSR count). The fourth-order valence-corrected chi connectivity index (χ4v) is 3.17. The molecule has 0 saturated heterocycles. The molecular formula is C17H33IN4O3. The summed E-state index contributed by atoms with van der Waals surface area (Å²) in [5, 5.41) is 6.53. The fraction of sp³-hybridized carbons (Fsp3) is 0.824. The molecule has 0 aromatic rings. The van der Waals surface area contributed by atoms with Crippen molar-refractivity contribution in [3.05, 3.63) is 0 Å². The minimum absolute atomic E-state index is 0. The van der Waals surface area contributed by atoms with Crippen LogP contribution in [-0.2, 0) is 14.3 Å². The molecule has 25 heavy (non-hydrogen) atoms. The maximum atomic E-state index is 12.5. The van der Waals surface area contributed by atoms with Gasteiger partial charge in [0.2, 0.25) is 5.91 Å². The van der Waals surface area contributed by atoms with E-state index in [9.17, 15) is 9.59 Å². The van der Waals surface area contributed by atoms with E-state index >= 15 is 0 Å². The minimum atomic E-state index is -0.313. The van der Waals surface area contributed by atoms with Crippen molar-refractivity contribution in [2.45, 2.75) is 44.9 Å². The summed E-state index contributed by atoms with van der Waals surface area (Å²) in [6, 6.07) is 0. The molecule has 1 aliphatic carbocycles. The van der Waals surface area contributed by atoms with Gasteiger partial charge in [-0.3, -0.25) is 14.6 Å². The number of hydrogen-bond acceptors (Lipinski definition) is 4. The quantitative estimate of drug-likeness (QED) is 0.187. The van der Waals surface area contributed by atoms with Crippen LogP contribution in [0, 0.1) is 5.41 Å². The highest BCUT2D eigenvalue weighted by atomic mass is 127. The topological polar surface area (TPSA) is 83.0 Å². The molecule has 1 saturated carbocycles. The number of nitrogens with one attached hydrogen (secondary N) is 2. The van der Waals surface area contributed by atoms with Crippen molar-refractivity contribution in [1.29, 1.82) is 0 Å². The molecule has 7 nitrogen and oxygen atoms in total. The summed E-state index contributed by atoms with van der Waals surface area (Å²) in [5.41, 5.74) is -0.313. The van der Waals surface area contributed by atoms with Crippen LogP contribution in [0.1, 0.15) is 44.9 Å². The lowest BCUT2D eigenvalue weighted by atomic mass is 9.84. The molecular weight excluding hydrogens is 435 g/mol. The van der Waals surface area contributed by atoms with Crippen LogP contribution in [0.15, 0.2) is 4.99 Å². The summed E-state index contributed by atoms with van der Waals surface area (Å²) < 4.78 is 4.62. The Morgan fingerprint density at radius 1 is 1.16 bits per heavy atom. The number of rotatable bonds is 8. The molecule has 8 heteroatoms. The third kappa shape index (κ3) is 7.79. The number of carbonyl (C=O) groups excluding carboxylic acids is 2. The molecule has 2 N–H and O–H groups in total. The maximum absolute atomic E-state index is 12.5. The zero-order valence-corrected chi connectivity index (χ0v) is 18.2. The molecule has 0 aromatic carbocycles. The van der Waals surface area contributed by atoms with Gasteiger partial charge in [0, 0.05) is 40.7 Å². The average Bonchev–Trinajstić information content (AvgIpc) is 3.06. The van der Waals surface area contributed by atoms with Crippen molar-refractivity contribution in [2.24, 2.45) is 10.4 Å². The summed E-state index contributed by atoms with van der Waals surface area (Å²) in [5.74, 6) is 0.717. The standard InChI is InChI=1S/C17H32N4O3.HI/c1-18-16(19-12-8-5-9-14(22)24-4)20-13-17(10-6-7-11-17)15(23)21(2)3;/h5-13H2,1-4H3,(H2,18,19,20);1H. The van der Waals surface area contributed by atoms with Gasteiger partial charge in [-0.1, -0.05) is 12.8 Å². The van der Waals surface area contributed by atoms with Crippen LogP contribution in [0.4, 0.5) is 0 Å². The summed E-state index contributed by atoms with van der Waals surface area (Å²) >= 11 is 0. The van der Waals surface area contributed by atoms with E-state index in [1.165, 1.54) is 7.11 Å². The average molecular weight is 468 g/mol. The fourth-order valence-electron chi connectivity index (χ4n) is 3.17. The lowest BCUT2D eigenvalue weighted by Gasteiger charge is -2.31. The van der Waals surface area contributed by atoms with E-state index in [2.05, 4.69) is 20.4 Å². The van der Waals surface area contributed by atoms with Crippen LogP contribution < -0.4 is 10.6 Å². The molecule has 0 unspecified atom stereocenters. The molecule has 1 amide bonds. The number of unbranched alkanes of at least 4 members (excludes halogenated alkanes) is 1. The van der Waals surface area contributed by atoms with E-state index in [1.54, 1.807) is 11.9 Å². The van der Waals surface area contributed by atoms with Crippen LogP contribution in [0.25, 0.3) is 0 Å². The molecule has 0 spiro atoms. The van der Waals surface area contributed by atoms with Gasteiger partial charge in [-0.25, -0.2) is 0 Å². The van der Waals surface area contributed by atoms with Gasteiger partial charge in [-0.15, -0.1) is 24.0 Å². The van der Waals surface area contributed by atoms with Gasteiger partial charge in [0.05, 0.1) is 12.5 Å². The van der Waals surface area contributed by atoms with Gasteiger partial charge in [-0.2, -0.15) is 0 Å². The van der Waals surface area contributed by atoms with Crippen LogP contribution >= 0.6 is 24.0 Å². The monoisotopic (exact) mass is 468 g/mol. The summed E-state index contributed by atoms with van der Waals surface area (Å²) in [6.07, 6.45) is 6.11. The summed E-state index contributed by atoms with van der Waals surface area (Å²) in [6.45, 7) is 1.33. The van der Waals surface area contributed by atoms with Gasteiger partial charge in [0.1, 0.15) is 0 Å². The Bertz CT molecular complexity index is 449. The van der Waals surface area contributed by atoms with Crippen molar-refractivity contribution in [3.8, 4) is 0 Å². The first kappa shape index (κ1) is 23.9. The first-order chi connectivity index (χ1) is 11.4. The third-order valence-electron chi connectivity index (χ3n) is 4.57. The zero-order valence-electron chi connectivity index (χ0n) is 15.9. The van der Waals surface area contributed by atoms with Gasteiger partial charge < -0.3 is 20.3 Å². The Hall–Kier alpha value is -1.06. The lowest BCUT2D eigenvalue weighted by molar-refractivity contribution is -0.141. The van der Waals surface area contributed by atoms with Crippen molar-refractivity contribution in [2.75, 3.05) is 41.3 Å². The number of ether oxygens (including phenoxy) is 1. The largest absolute Gasteiger partial charge is 0.469 e. The van der Waals surface area contributed by atoms with E-state index in [1.807, 2.05) is 14.1 Å². The number of nitrogens with zero attached hydrogens (tertiary/aromatic N) is 2. The van der Waals surface area contributed by atoms with E-state index < -0.39 is 0 Å². The number of hydrogen-bond donors (Lipinski definition) is 2. The molecule has 1 aliphatic rings. The predicted octanol–water partition coefficient (Wildman–Crippen LogP) is 1.76. The number of aliphatic imine (C=N–C) groups is 1. The molecule has 0 aromatic heterocycles. The van der Waals surface area contributed by atoms with Gasteiger partial charge in [0.25, 0.3) is 0 Å². The maximum Gasteiger partial charge on any atom is 0.305 e. The summed E-state index contributed by atoms with van der Waals surface area (Å²) in [7, 11) is 6.76. The van der Waals surface area contributed by atoms with Gasteiger partial charge >= 0.3 is 5.97 Å². The van der Waals surface area contributed by atoms with Gasteiger partial charge in [0.15, 0.2) is 5.96 Å². The van der Waals surface area contributed by atoms with Crippen molar-refractivity contribution >= 4 is 41.8 Å². The molecule has 0 bridgehead atoms. The number of guanidine groups is 1. The second kappa shape index (κ2) is 12.3. The zero-order chi connectivity index (χ0) is 18.0. The molecule has 0 atom stereocenters. The number of methoxy groups -OCH3 is 1. The highest BCUT2D eigenvalue weighted by molar-refractivity contribution is 14.0. The first-order valence-corrected chi connectivity index (χ1v) is 8.68. The minimum Gasteiger partial charge on any atom is -0.469 e. The number of esters is 1. The number of carbonyl (C=O) groups is 2. The van der Waals surface area contributed by atoms with Crippen LogP contribution in [-0.4, -0.2) is 64.1 Å². The van der Waals surface area contributed by atoms with Crippen LogP contribution in [0.3, 0.4) is 0 Å². The smallest absolute Gasteiger partial charge is 0.305 e. The van der Waals surface area contributed by atoms with Gasteiger partial charge in [-0.05, 0) is 25.7 Å². The lowest BCUT2D eigenvalue weighted by Crippen LogP contribution is -2.49. The predicted molar refractivity (Wildman–Crippen MR) is 110 cm³/mol. The highest BCUT2D eigenvalue weighted by Gasteiger charge is 2.42. The third-order valence-corrected chi connectivity index (χ3v) is 4.57. The number of amides is 1. The second-order valence-corrected chi connectivity index (χ2v) is 6.57. The Morgan fingerprint density at radius 3 is 2.32 bits per heavy atom. The van der Waals surface area contributed by atoms with Crippen molar-refractivity contribution in [3.63, 3.8) is 0 Å². The number of halogens is 1. The Kier molecular flexibility index (Phi) is 11.8. The SMILES string of the molecule is CN=C(NCCCCC(=O)OC)NCC1(C(=O)N(C)C)CCCC1.I. The highest BCUT2D eigenvalue weighted by Crippen LogP contribution is 2.38. The van der Waals surface area contributed by atoms with Crippen molar-refractivity contribution in [1.82, 2.24) is 15.5 Å². The Morgan fingerprint density at radius 2 is 1.80 bits per heavy atom.